The van der Waals surface area contributed by atoms with Gasteiger partial charge >= 0.3 is 0 Å². The average molecular weight is 1210 g/mol. The molecule has 88 heavy (non-hydrogen) atoms. The molecule has 0 saturated carbocycles. The summed E-state index contributed by atoms with van der Waals surface area (Å²) >= 11 is 0. The molecule has 4 rings (SSSR count). The highest BCUT2D eigenvalue weighted by Gasteiger charge is 2.18. The van der Waals surface area contributed by atoms with Crippen molar-refractivity contribution >= 4 is 23.3 Å². The summed E-state index contributed by atoms with van der Waals surface area (Å²) in [4.78, 5) is 16.0. The van der Waals surface area contributed by atoms with Crippen LogP contribution < -0.4 is 10.6 Å². The van der Waals surface area contributed by atoms with Crippen LogP contribution in [0, 0.1) is 0 Å². The minimum absolute atomic E-state index is 0.628. The minimum atomic E-state index is 0.628. The normalized spacial score (nSPS) is 11.6. The van der Waals surface area contributed by atoms with Crippen molar-refractivity contribution in [3.8, 4) is 11.4 Å². The van der Waals surface area contributed by atoms with Crippen molar-refractivity contribution in [1.82, 2.24) is 15.0 Å². The predicted molar refractivity (Wildman–Crippen MR) is 392 cm³/mol. The third-order valence-electron chi connectivity index (χ3n) is 19.4. The van der Waals surface area contributed by atoms with Gasteiger partial charge in [-0.2, -0.15) is 15.0 Å². The molecule has 5 heteroatoms. The Balaban J connectivity index is 1.77. The van der Waals surface area contributed by atoms with E-state index < -0.39 is 0 Å². The molecule has 0 aliphatic heterocycles. The standard InChI is InChI=1S/C83H141N5/c1-8-15-21-27-33-39-45-51-57-73-67-77(68-74(58-52-46-40-34-28-22-16-9-2)79(73)61-55-49-43-37-31-25-19-12-5)84-82-86-81(72-65-63-71(14-7)64-66-72)87-83(88-82)85-78-69-75(59-53-47-41-35-29-23-17-10-3)80(62-56-50-44-38-32-26-20-13-6)76(70-78)60-54-48-42-36-30-24-18-11-4/h63-70H,8-62H2,1-7H3,(H2,84,85,86,87,88). The van der Waals surface area contributed by atoms with E-state index in [2.05, 4.69) is 108 Å². The summed E-state index contributed by atoms with van der Waals surface area (Å²) in [7, 11) is 0. The second-order valence-electron chi connectivity index (χ2n) is 27.5. The van der Waals surface area contributed by atoms with Gasteiger partial charge in [-0.1, -0.05) is 342 Å². The lowest BCUT2D eigenvalue weighted by Crippen LogP contribution is -2.09. The molecule has 0 bridgehead atoms. The van der Waals surface area contributed by atoms with Crippen LogP contribution in [0.1, 0.15) is 396 Å². The molecule has 0 atom stereocenters. The maximum absolute atomic E-state index is 5.36. The lowest BCUT2D eigenvalue weighted by atomic mass is 9.89. The molecule has 0 spiro atoms. The molecule has 1 aromatic heterocycles. The van der Waals surface area contributed by atoms with E-state index >= 15 is 0 Å². The van der Waals surface area contributed by atoms with Crippen LogP contribution in [0.2, 0.25) is 0 Å². The van der Waals surface area contributed by atoms with Crippen molar-refractivity contribution in [2.45, 2.75) is 402 Å². The van der Waals surface area contributed by atoms with E-state index in [1.165, 1.54) is 327 Å². The number of nitrogens with one attached hydrogen (secondary N) is 2. The number of hydrogen-bond donors (Lipinski definition) is 2. The van der Waals surface area contributed by atoms with Crippen LogP contribution in [0.5, 0.6) is 0 Å². The number of nitrogens with zero attached hydrogens (tertiary/aromatic N) is 3. The number of benzene rings is 3. The van der Waals surface area contributed by atoms with Gasteiger partial charge in [0.25, 0.3) is 0 Å². The van der Waals surface area contributed by atoms with Gasteiger partial charge in [0, 0.05) is 16.9 Å². The first-order valence-electron chi connectivity index (χ1n) is 39.1. The Labute approximate surface area is 546 Å². The Bertz CT molecular complexity index is 2050. The topological polar surface area (TPSA) is 62.7 Å². The van der Waals surface area contributed by atoms with Gasteiger partial charge in [0.05, 0.1) is 0 Å². The van der Waals surface area contributed by atoms with Crippen molar-refractivity contribution in [3.63, 3.8) is 0 Å². The second-order valence-corrected chi connectivity index (χ2v) is 27.5. The molecular weight excluding hydrogens is 1070 g/mol. The molecular formula is C83H141N5. The molecule has 4 aromatic rings. The summed E-state index contributed by atoms with van der Waals surface area (Å²) in [6, 6.07) is 19.0. The van der Waals surface area contributed by atoms with Crippen molar-refractivity contribution in [1.29, 1.82) is 0 Å². The smallest absolute Gasteiger partial charge is 0.232 e. The third kappa shape index (κ3) is 35.2. The predicted octanol–water partition coefficient (Wildman–Crippen LogP) is 27.7. The van der Waals surface area contributed by atoms with Crippen LogP contribution in [-0.4, -0.2) is 15.0 Å². The highest BCUT2D eigenvalue weighted by Crippen LogP contribution is 2.33. The first kappa shape index (κ1) is 76.7. The van der Waals surface area contributed by atoms with E-state index in [1.54, 1.807) is 33.4 Å². The van der Waals surface area contributed by atoms with Gasteiger partial charge in [-0.3, -0.25) is 0 Å². The molecule has 5 nitrogen and oxygen atoms in total. The van der Waals surface area contributed by atoms with Crippen molar-refractivity contribution in [2.75, 3.05) is 10.6 Å². The minimum Gasteiger partial charge on any atom is -0.324 e. The van der Waals surface area contributed by atoms with E-state index in [-0.39, 0.29) is 0 Å². The molecule has 0 saturated heterocycles. The molecule has 498 valence electrons. The van der Waals surface area contributed by atoms with Gasteiger partial charge in [0.1, 0.15) is 0 Å². The SMILES string of the molecule is CCCCCCCCCCc1cc(Nc2nc(Nc3cc(CCCCCCCCCC)c(CCCCCCCCCC)c(CCCCCCCCCC)c3)nc(-c3ccc(CC)cc3)n2)cc(CCCCCCCCCC)c1CCCCCCCCCC. The van der Waals surface area contributed by atoms with E-state index in [9.17, 15) is 0 Å². The summed E-state index contributed by atoms with van der Waals surface area (Å²) in [5, 5.41) is 7.84. The molecule has 2 N–H and O–H groups in total. The number of aromatic nitrogens is 3. The molecule has 0 unspecified atom stereocenters. The highest BCUT2D eigenvalue weighted by molar-refractivity contribution is 5.66. The second kappa shape index (κ2) is 52.8. The average Bonchev–Trinajstić information content (AvgIpc) is 3.18. The summed E-state index contributed by atoms with van der Waals surface area (Å²) < 4.78 is 0. The zero-order valence-corrected chi connectivity index (χ0v) is 59.4. The summed E-state index contributed by atoms with van der Waals surface area (Å²) in [6.07, 6.45) is 72.9. The Morgan fingerprint density at radius 1 is 0.250 bits per heavy atom. The fourth-order valence-electron chi connectivity index (χ4n) is 13.7. The van der Waals surface area contributed by atoms with Crippen molar-refractivity contribution < 1.29 is 0 Å². The zero-order valence-electron chi connectivity index (χ0n) is 59.4. The Hall–Kier alpha value is -3.73. The lowest BCUT2D eigenvalue weighted by molar-refractivity contribution is 0.567. The molecule has 0 aliphatic rings. The number of rotatable bonds is 60. The highest BCUT2D eigenvalue weighted by atomic mass is 15.2. The van der Waals surface area contributed by atoms with E-state index in [4.69, 9.17) is 15.0 Å². The van der Waals surface area contributed by atoms with Crippen LogP contribution in [0.25, 0.3) is 11.4 Å². The fraction of sp³-hybridized carbons (Fsp3) is 0.747. The number of unbranched alkanes of at least 4 members (excludes halogenated alkanes) is 42. The zero-order chi connectivity index (χ0) is 62.6. The van der Waals surface area contributed by atoms with Gasteiger partial charge in [0.2, 0.25) is 11.9 Å². The first-order chi connectivity index (χ1) is 43.5. The number of aryl methyl sites for hydroxylation is 5. The van der Waals surface area contributed by atoms with E-state index in [0.29, 0.717) is 11.9 Å². The first-order valence-corrected chi connectivity index (χ1v) is 39.1. The Morgan fingerprint density at radius 3 is 0.716 bits per heavy atom. The Kier molecular flexibility index (Phi) is 46.1. The molecule has 0 amide bonds. The van der Waals surface area contributed by atoms with E-state index in [0.717, 1.165) is 54.9 Å². The van der Waals surface area contributed by atoms with Crippen LogP contribution in [0.15, 0.2) is 48.5 Å². The van der Waals surface area contributed by atoms with Crippen LogP contribution in [0.4, 0.5) is 23.3 Å². The summed E-state index contributed by atoms with van der Waals surface area (Å²) in [5.74, 6) is 1.98. The van der Waals surface area contributed by atoms with E-state index in [1.807, 2.05) is 0 Å². The van der Waals surface area contributed by atoms with Gasteiger partial charge in [-0.25, -0.2) is 0 Å². The summed E-state index contributed by atoms with van der Waals surface area (Å²) in [6.45, 7) is 16.2. The third-order valence-corrected chi connectivity index (χ3v) is 19.4. The monoisotopic (exact) mass is 1210 g/mol. The Morgan fingerprint density at radius 2 is 0.477 bits per heavy atom. The molecule has 3 aromatic carbocycles. The molecule has 0 aliphatic carbocycles. The molecule has 0 radical (unpaired) electrons. The molecule has 1 heterocycles. The number of hydrogen-bond acceptors (Lipinski definition) is 5. The fourth-order valence-corrected chi connectivity index (χ4v) is 13.7. The number of anilines is 4. The lowest BCUT2D eigenvalue weighted by Gasteiger charge is -2.20. The van der Waals surface area contributed by atoms with Gasteiger partial charge in [0.15, 0.2) is 5.82 Å². The van der Waals surface area contributed by atoms with Gasteiger partial charge < -0.3 is 10.6 Å². The quantitative estimate of drug-likeness (QED) is 0.0431. The van der Waals surface area contributed by atoms with Crippen LogP contribution >= 0.6 is 0 Å². The van der Waals surface area contributed by atoms with Gasteiger partial charge in [-0.05, 0) is 147 Å². The maximum Gasteiger partial charge on any atom is 0.232 e. The van der Waals surface area contributed by atoms with Crippen molar-refractivity contribution in [3.05, 3.63) is 87.5 Å². The largest absolute Gasteiger partial charge is 0.324 e. The van der Waals surface area contributed by atoms with Gasteiger partial charge in [-0.15, -0.1) is 0 Å². The molecule has 0 fully saturated rings. The van der Waals surface area contributed by atoms with Crippen molar-refractivity contribution in [2.24, 2.45) is 0 Å². The van der Waals surface area contributed by atoms with Crippen LogP contribution in [-0.2, 0) is 44.9 Å². The summed E-state index contributed by atoms with van der Waals surface area (Å²) in [5.41, 5.74) is 14.2. The maximum atomic E-state index is 5.36. The van der Waals surface area contributed by atoms with Crippen LogP contribution in [0.3, 0.4) is 0 Å².